The molecule has 0 unspecified atom stereocenters. The maximum atomic E-state index is 5.69. The average molecular weight is 319 g/mol. The summed E-state index contributed by atoms with van der Waals surface area (Å²) in [6.07, 6.45) is 2.77. The number of hydrogen-bond donors (Lipinski definition) is 1. The first kappa shape index (κ1) is 16.5. The molecule has 2 atom stereocenters. The predicted octanol–water partition coefficient (Wildman–Crippen LogP) is 5.46. The molecule has 0 spiro atoms. The number of aryl methyl sites for hydroxylation is 1. The molecule has 24 heavy (non-hydrogen) atoms. The van der Waals surface area contributed by atoms with E-state index in [4.69, 9.17) is 4.42 Å². The number of rotatable bonds is 7. The zero-order chi connectivity index (χ0) is 16.8. The Morgan fingerprint density at radius 2 is 1.62 bits per heavy atom. The molecule has 0 aliphatic heterocycles. The Bertz CT molecular complexity index is 716. The normalized spacial score (nSPS) is 13.6. The van der Waals surface area contributed by atoms with E-state index in [-0.39, 0.29) is 5.92 Å². The first-order valence-corrected chi connectivity index (χ1v) is 8.62. The third-order valence-corrected chi connectivity index (χ3v) is 4.55. The summed E-state index contributed by atoms with van der Waals surface area (Å²) in [5, 5.41) is 3.63. The molecule has 0 aliphatic rings. The molecular formula is C22H25NO. The summed E-state index contributed by atoms with van der Waals surface area (Å²) in [4.78, 5) is 0. The number of benzene rings is 2. The van der Waals surface area contributed by atoms with Gasteiger partial charge in [-0.2, -0.15) is 0 Å². The fourth-order valence-electron chi connectivity index (χ4n) is 3.07. The van der Waals surface area contributed by atoms with E-state index in [1.54, 1.807) is 6.26 Å². The highest BCUT2D eigenvalue weighted by molar-refractivity contribution is 5.30. The third-order valence-electron chi connectivity index (χ3n) is 4.55. The van der Waals surface area contributed by atoms with Crippen LogP contribution in [-0.2, 0) is 0 Å². The van der Waals surface area contributed by atoms with E-state index in [9.17, 15) is 0 Å². The van der Waals surface area contributed by atoms with Gasteiger partial charge in [0.05, 0.1) is 6.26 Å². The highest BCUT2D eigenvalue weighted by Crippen LogP contribution is 2.28. The maximum absolute atomic E-state index is 5.69. The van der Waals surface area contributed by atoms with Crippen LogP contribution in [0.1, 0.15) is 47.8 Å². The monoisotopic (exact) mass is 319 g/mol. The second kappa shape index (κ2) is 7.98. The Morgan fingerprint density at radius 3 is 2.29 bits per heavy atom. The summed E-state index contributed by atoms with van der Waals surface area (Å²) in [5.74, 6) is 1.32. The van der Waals surface area contributed by atoms with Crippen LogP contribution < -0.4 is 5.32 Å². The Hall–Kier alpha value is -2.32. The number of hydrogen-bond acceptors (Lipinski definition) is 2. The van der Waals surface area contributed by atoms with Gasteiger partial charge in [0.15, 0.2) is 0 Å². The van der Waals surface area contributed by atoms with Crippen LogP contribution in [0, 0.1) is 6.92 Å². The second-order valence-electron chi connectivity index (χ2n) is 6.35. The lowest BCUT2D eigenvalue weighted by atomic mass is 9.92. The lowest BCUT2D eigenvalue weighted by Crippen LogP contribution is -2.21. The summed E-state index contributed by atoms with van der Waals surface area (Å²) in [6.45, 7) is 5.27. The molecule has 3 aromatic rings. The van der Waals surface area contributed by atoms with Crippen LogP contribution in [0.5, 0.6) is 0 Å². The van der Waals surface area contributed by atoms with Crippen LogP contribution in [-0.4, -0.2) is 6.54 Å². The van der Waals surface area contributed by atoms with Gasteiger partial charge in [-0.1, -0.05) is 60.2 Å². The fraction of sp³-hybridized carbons (Fsp3) is 0.273. The van der Waals surface area contributed by atoms with Crippen molar-refractivity contribution in [1.82, 2.24) is 5.32 Å². The summed E-state index contributed by atoms with van der Waals surface area (Å²) in [7, 11) is 0. The summed E-state index contributed by atoms with van der Waals surface area (Å²) in [5.41, 5.74) is 3.92. The predicted molar refractivity (Wildman–Crippen MR) is 99.2 cm³/mol. The van der Waals surface area contributed by atoms with Crippen molar-refractivity contribution in [1.29, 1.82) is 0 Å². The highest BCUT2D eigenvalue weighted by Gasteiger charge is 2.17. The lowest BCUT2D eigenvalue weighted by molar-refractivity contribution is 0.457. The average Bonchev–Trinajstić information content (AvgIpc) is 3.15. The van der Waals surface area contributed by atoms with E-state index in [1.165, 1.54) is 16.7 Å². The Kier molecular flexibility index (Phi) is 5.50. The molecule has 2 aromatic carbocycles. The zero-order valence-electron chi connectivity index (χ0n) is 14.4. The van der Waals surface area contributed by atoms with Crippen molar-refractivity contribution in [3.05, 3.63) is 95.4 Å². The standard InChI is InChI=1S/C22H25NO/c1-17-10-12-20(13-11-17)21(22-9-6-16-24-22)14-15-23-18(2)19-7-4-3-5-8-19/h3-13,16,18,21,23H,14-15H2,1-2H3/t18-,21-/m0/s1. The summed E-state index contributed by atoms with van der Waals surface area (Å²) >= 11 is 0. The van der Waals surface area contributed by atoms with Gasteiger partial charge in [0, 0.05) is 12.0 Å². The van der Waals surface area contributed by atoms with Crippen molar-refractivity contribution < 1.29 is 4.42 Å². The molecule has 1 N–H and O–H groups in total. The van der Waals surface area contributed by atoms with Gasteiger partial charge in [-0.25, -0.2) is 0 Å². The molecule has 124 valence electrons. The van der Waals surface area contributed by atoms with Crippen LogP contribution >= 0.6 is 0 Å². The van der Waals surface area contributed by atoms with Crippen LogP contribution in [0.25, 0.3) is 0 Å². The minimum Gasteiger partial charge on any atom is -0.469 e. The van der Waals surface area contributed by atoms with Gasteiger partial charge >= 0.3 is 0 Å². The second-order valence-corrected chi connectivity index (χ2v) is 6.35. The Balaban J connectivity index is 1.66. The van der Waals surface area contributed by atoms with Gasteiger partial charge in [-0.05, 0) is 50.1 Å². The molecule has 0 bridgehead atoms. The molecule has 0 saturated carbocycles. The molecule has 0 fully saturated rings. The molecular weight excluding hydrogens is 294 g/mol. The minimum atomic E-state index is 0.288. The fourth-order valence-corrected chi connectivity index (χ4v) is 3.07. The van der Waals surface area contributed by atoms with Crippen LogP contribution in [0.3, 0.4) is 0 Å². The smallest absolute Gasteiger partial charge is 0.111 e. The van der Waals surface area contributed by atoms with E-state index >= 15 is 0 Å². The SMILES string of the molecule is Cc1ccc([C@H](CCN[C@@H](C)c2ccccc2)c2ccco2)cc1. The van der Waals surface area contributed by atoms with E-state index in [0.29, 0.717) is 6.04 Å². The van der Waals surface area contributed by atoms with E-state index < -0.39 is 0 Å². The van der Waals surface area contributed by atoms with Crippen molar-refractivity contribution in [2.24, 2.45) is 0 Å². The molecule has 1 aromatic heterocycles. The molecule has 0 aliphatic carbocycles. The van der Waals surface area contributed by atoms with E-state index in [1.807, 2.05) is 6.07 Å². The van der Waals surface area contributed by atoms with E-state index in [2.05, 4.69) is 79.8 Å². The maximum Gasteiger partial charge on any atom is 0.111 e. The molecule has 3 rings (SSSR count). The Labute approximate surface area is 144 Å². The number of nitrogens with one attached hydrogen (secondary N) is 1. The summed E-state index contributed by atoms with van der Waals surface area (Å²) in [6, 6.07) is 23.7. The zero-order valence-corrected chi connectivity index (χ0v) is 14.4. The first-order valence-electron chi connectivity index (χ1n) is 8.62. The van der Waals surface area contributed by atoms with Gasteiger partial charge in [-0.3, -0.25) is 0 Å². The van der Waals surface area contributed by atoms with Crippen molar-refractivity contribution in [2.45, 2.75) is 32.2 Å². The Morgan fingerprint density at radius 1 is 0.875 bits per heavy atom. The van der Waals surface area contributed by atoms with Crippen LogP contribution in [0.2, 0.25) is 0 Å². The van der Waals surface area contributed by atoms with Crippen molar-refractivity contribution >= 4 is 0 Å². The molecule has 0 radical (unpaired) electrons. The highest BCUT2D eigenvalue weighted by atomic mass is 16.3. The van der Waals surface area contributed by atoms with Gasteiger partial charge in [0.2, 0.25) is 0 Å². The first-order chi connectivity index (χ1) is 11.7. The van der Waals surface area contributed by atoms with Crippen molar-refractivity contribution in [2.75, 3.05) is 6.54 Å². The lowest BCUT2D eigenvalue weighted by Gasteiger charge is -2.19. The van der Waals surface area contributed by atoms with E-state index in [0.717, 1.165) is 18.7 Å². The van der Waals surface area contributed by atoms with Crippen LogP contribution in [0.4, 0.5) is 0 Å². The molecule has 2 nitrogen and oxygen atoms in total. The quantitative estimate of drug-likeness (QED) is 0.625. The summed E-state index contributed by atoms with van der Waals surface area (Å²) < 4.78 is 5.69. The van der Waals surface area contributed by atoms with Crippen molar-refractivity contribution in [3.63, 3.8) is 0 Å². The topological polar surface area (TPSA) is 25.2 Å². The largest absolute Gasteiger partial charge is 0.469 e. The molecule has 1 heterocycles. The van der Waals surface area contributed by atoms with Gasteiger partial charge in [-0.15, -0.1) is 0 Å². The molecule has 2 heteroatoms. The van der Waals surface area contributed by atoms with Gasteiger partial charge in [0.1, 0.15) is 5.76 Å². The van der Waals surface area contributed by atoms with Gasteiger partial charge < -0.3 is 9.73 Å². The number of furan rings is 1. The molecule has 0 saturated heterocycles. The van der Waals surface area contributed by atoms with Gasteiger partial charge in [0.25, 0.3) is 0 Å². The van der Waals surface area contributed by atoms with Crippen LogP contribution in [0.15, 0.2) is 77.4 Å². The van der Waals surface area contributed by atoms with Crippen molar-refractivity contribution in [3.8, 4) is 0 Å². The molecule has 0 amide bonds. The minimum absolute atomic E-state index is 0.288. The third kappa shape index (κ3) is 4.15.